The number of carbonyl (C=O) groups is 5. The molecule has 0 bridgehead atoms. The predicted octanol–water partition coefficient (Wildman–Crippen LogP) is 4.91. The number of aromatic nitrogens is 3. The number of hydrogen-bond donors (Lipinski definition) is 4. The van der Waals surface area contributed by atoms with Gasteiger partial charge in [0, 0.05) is 72.5 Å². The van der Waals surface area contributed by atoms with Crippen LogP contribution >= 0.6 is 31.5 Å². The third-order valence-corrected chi connectivity index (χ3v) is 12.3. The zero-order valence-corrected chi connectivity index (χ0v) is 32.5. The summed E-state index contributed by atoms with van der Waals surface area (Å²) in [7, 11) is -0.232. The molecule has 3 aliphatic heterocycles. The molecular formula is C37H39ClN9O5PS. The average molecular weight is 788 g/mol. The van der Waals surface area contributed by atoms with Crippen LogP contribution in [-0.4, -0.2) is 80.3 Å². The van der Waals surface area contributed by atoms with Gasteiger partial charge in [0.05, 0.1) is 12.3 Å². The Morgan fingerprint density at radius 1 is 1.02 bits per heavy atom. The Hall–Kier alpha value is -4.98. The smallest absolute Gasteiger partial charge is 0.255 e. The van der Waals surface area contributed by atoms with E-state index in [1.807, 2.05) is 35.8 Å². The third kappa shape index (κ3) is 7.53. The van der Waals surface area contributed by atoms with E-state index in [0.717, 1.165) is 33.2 Å². The van der Waals surface area contributed by atoms with Crippen molar-refractivity contribution in [3.05, 3.63) is 91.8 Å². The van der Waals surface area contributed by atoms with Crippen LogP contribution in [0, 0.1) is 20.8 Å². The fourth-order valence-corrected chi connectivity index (χ4v) is 9.20. The first kappa shape index (κ1) is 37.3. The number of hydrogen-bond acceptors (Lipinski definition) is 10. The molecule has 5 amide bonds. The number of piperidine rings is 1. The number of carbonyl (C=O) groups excluding carboxylic acids is 5. The lowest BCUT2D eigenvalue weighted by molar-refractivity contribution is -0.137. The molecular weight excluding hydrogens is 749 g/mol. The zero-order chi connectivity index (χ0) is 38.1. The van der Waals surface area contributed by atoms with Crippen molar-refractivity contribution in [2.75, 3.05) is 25.0 Å². The summed E-state index contributed by atoms with van der Waals surface area (Å²) in [5, 5.41) is 21.8. The molecule has 1 fully saturated rings. The molecule has 4 N–H and O–H groups in total. The first-order valence-corrected chi connectivity index (χ1v) is 19.9. The molecule has 0 radical (unpaired) electrons. The Balaban J connectivity index is 0.896. The lowest BCUT2D eigenvalue weighted by Crippen LogP contribution is -2.52. The summed E-state index contributed by atoms with van der Waals surface area (Å²) in [5.41, 5.74) is 5.52. The largest absolute Gasteiger partial charge is 0.376 e. The van der Waals surface area contributed by atoms with Gasteiger partial charge >= 0.3 is 0 Å². The molecule has 5 heterocycles. The molecule has 3 unspecified atom stereocenters. The normalized spacial score (nSPS) is 17.8. The number of anilines is 1. The lowest BCUT2D eigenvalue weighted by atomic mass is 10.00. The molecule has 2 aromatic heterocycles. The number of unbranched alkanes of at least 4 members (excludes halogenated alkanes) is 1. The number of thiophene rings is 1. The molecule has 0 saturated carbocycles. The summed E-state index contributed by atoms with van der Waals surface area (Å²) in [6, 6.07) is 12.1. The second-order valence-corrected chi connectivity index (χ2v) is 16.3. The highest BCUT2D eigenvalue weighted by molar-refractivity contribution is 7.58. The number of nitrogens with zero attached hydrogens (tertiary/aromatic N) is 5. The fraction of sp³-hybridized carbons (Fsp3) is 0.351. The predicted molar refractivity (Wildman–Crippen MR) is 208 cm³/mol. The van der Waals surface area contributed by atoms with Crippen molar-refractivity contribution in [3.63, 3.8) is 0 Å². The van der Waals surface area contributed by atoms with Crippen LogP contribution in [0.25, 0.3) is 5.00 Å². The van der Waals surface area contributed by atoms with Gasteiger partial charge in [0.2, 0.25) is 23.4 Å². The van der Waals surface area contributed by atoms with E-state index >= 15 is 0 Å². The Bertz CT molecular complexity index is 2200. The molecule has 14 nitrogen and oxygen atoms in total. The minimum atomic E-state index is -0.711. The Morgan fingerprint density at radius 3 is 2.54 bits per heavy atom. The van der Waals surface area contributed by atoms with Crippen molar-refractivity contribution in [3.8, 4) is 5.00 Å². The lowest BCUT2D eigenvalue weighted by Gasteiger charge is -2.29. The first-order valence-electron chi connectivity index (χ1n) is 17.7. The van der Waals surface area contributed by atoms with E-state index in [2.05, 4.69) is 45.3 Å². The minimum Gasteiger partial charge on any atom is -0.376 e. The molecule has 17 heteroatoms. The molecule has 1 saturated heterocycles. The monoisotopic (exact) mass is 787 g/mol. The summed E-state index contributed by atoms with van der Waals surface area (Å²) in [4.78, 5) is 70.8. The van der Waals surface area contributed by atoms with E-state index in [0.29, 0.717) is 53.6 Å². The van der Waals surface area contributed by atoms with Gasteiger partial charge in [-0.05, 0) is 69.9 Å². The van der Waals surface area contributed by atoms with Gasteiger partial charge in [-0.1, -0.05) is 29.8 Å². The van der Waals surface area contributed by atoms with E-state index in [4.69, 9.17) is 16.6 Å². The molecule has 0 spiro atoms. The molecule has 54 heavy (non-hydrogen) atoms. The van der Waals surface area contributed by atoms with E-state index < -0.39 is 17.7 Å². The summed E-state index contributed by atoms with van der Waals surface area (Å²) in [6.45, 7) is 7.14. The van der Waals surface area contributed by atoms with Gasteiger partial charge in [0.15, 0.2) is 5.82 Å². The number of aryl methyl sites for hydroxylation is 2. The maximum Gasteiger partial charge on any atom is 0.255 e. The van der Waals surface area contributed by atoms with Crippen molar-refractivity contribution in [1.29, 1.82) is 0 Å². The van der Waals surface area contributed by atoms with Crippen molar-refractivity contribution in [1.82, 2.24) is 35.6 Å². The van der Waals surface area contributed by atoms with Gasteiger partial charge < -0.3 is 20.9 Å². The standard InChI is InChI=1S/C37H39ClN9O5PS/c1-19-20(2)54-36-30(19)31(22-9-11-23(38)12-10-22)43-34(32-45-44-21(3)47(32)36)53-37(52)40-16-5-4-15-39-29(49)17-41-26-8-6-7-24-25(26)18-46(35(24)51)27-13-14-28(48)42-33(27)50/h6-12,27,34,41,53H,4-5,13-18H2,1-3H3,(H,39,49)(H,40,52)(H,42,48,50). The van der Waals surface area contributed by atoms with Crippen molar-refractivity contribution in [2.24, 2.45) is 4.99 Å². The number of halogens is 1. The number of aliphatic imine (C=N–C) groups is 1. The van der Waals surface area contributed by atoms with Crippen molar-refractivity contribution < 1.29 is 24.0 Å². The van der Waals surface area contributed by atoms with Gasteiger partial charge in [0.1, 0.15) is 22.7 Å². The quantitative estimate of drug-likeness (QED) is 0.0888. The molecule has 0 aliphatic carbocycles. The van der Waals surface area contributed by atoms with Crippen LogP contribution in [0.4, 0.5) is 10.5 Å². The summed E-state index contributed by atoms with van der Waals surface area (Å²) in [5.74, 6) is -0.479. The summed E-state index contributed by atoms with van der Waals surface area (Å²) >= 11 is 7.87. The van der Waals surface area contributed by atoms with Crippen LogP contribution < -0.4 is 21.3 Å². The Morgan fingerprint density at radius 2 is 1.78 bits per heavy atom. The van der Waals surface area contributed by atoms with Crippen LogP contribution in [0.5, 0.6) is 0 Å². The van der Waals surface area contributed by atoms with Crippen LogP contribution in [-0.2, 0) is 20.9 Å². The van der Waals surface area contributed by atoms with Gasteiger partial charge in [0.25, 0.3) is 5.91 Å². The van der Waals surface area contributed by atoms with Gasteiger partial charge in [-0.25, -0.2) is 0 Å². The maximum atomic E-state index is 13.3. The number of imide groups is 1. The van der Waals surface area contributed by atoms with E-state index in [1.165, 1.54) is 9.78 Å². The van der Waals surface area contributed by atoms with Crippen LogP contribution in [0.1, 0.15) is 80.6 Å². The second kappa shape index (κ2) is 15.8. The van der Waals surface area contributed by atoms with E-state index in [1.54, 1.807) is 29.5 Å². The number of amides is 5. The van der Waals surface area contributed by atoms with Crippen molar-refractivity contribution in [2.45, 2.75) is 64.8 Å². The fourth-order valence-electron chi connectivity index (χ4n) is 6.87. The molecule has 3 atom stereocenters. The summed E-state index contributed by atoms with van der Waals surface area (Å²) < 4.78 is 2.02. The van der Waals surface area contributed by atoms with Crippen LogP contribution in [0.3, 0.4) is 0 Å². The molecule has 4 aromatic rings. The maximum absolute atomic E-state index is 13.3. The molecule has 7 rings (SSSR count). The Labute approximate surface area is 322 Å². The van der Waals surface area contributed by atoms with Gasteiger partial charge in [-0.3, -0.25) is 38.8 Å². The van der Waals surface area contributed by atoms with Gasteiger partial charge in [-0.15, -0.1) is 21.5 Å². The highest BCUT2D eigenvalue weighted by Crippen LogP contribution is 2.44. The highest BCUT2D eigenvalue weighted by Gasteiger charge is 2.40. The third-order valence-electron chi connectivity index (χ3n) is 9.78. The zero-order valence-electron chi connectivity index (χ0n) is 29.9. The van der Waals surface area contributed by atoms with E-state index in [-0.39, 0.29) is 57.9 Å². The van der Waals surface area contributed by atoms with E-state index in [9.17, 15) is 24.0 Å². The minimum absolute atomic E-state index is 0.00337. The first-order chi connectivity index (χ1) is 26.0. The average Bonchev–Trinajstić information content (AvgIpc) is 3.76. The highest BCUT2D eigenvalue weighted by atomic mass is 35.5. The molecule has 280 valence electrons. The van der Waals surface area contributed by atoms with Gasteiger partial charge in [-0.2, -0.15) is 0 Å². The SMILES string of the molecule is Cc1sc2c(c1C)C(c1ccc(Cl)cc1)=NC(PC(=O)NCCCCNC(=O)CNc1cccc3c1CN(C1CCC(=O)NC1=O)C3=O)c1nnc(C)n1-2. The van der Waals surface area contributed by atoms with Crippen LogP contribution in [0.15, 0.2) is 47.5 Å². The Kier molecular flexibility index (Phi) is 10.9. The molecule has 3 aliphatic rings. The number of benzene rings is 2. The molecule has 2 aromatic carbocycles. The summed E-state index contributed by atoms with van der Waals surface area (Å²) in [6.07, 6.45) is 1.77. The topological polar surface area (TPSA) is 180 Å². The van der Waals surface area contributed by atoms with Crippen LogP contribution in [0.2, 0.25) is 5.02 Å². The number of fused-ring (bicyclic) bond motifs is 4. The second-order valence-electron chi connectivity index (χ2n) is 13.3. The number of rotatable bonds is 12. The van der Waals surface area contributed by atoms with Crippen molar-refractivity contribution >= 4 is 72.2 Å². The number of nitrogens with one attached hydrogen (secondary N) is 4.